The van der Waals surface area contributed by atoms with E-state index in [9.17, 15) is 13.5 Å². The maximum Gasteiger partial charge on any atom is 0.243 e. The van der Waals surface area contributed by atoms with Crippen LogP contribution >= 0.6 is 23.2 Å². The quantitative estimate of drug-likeness (QED) is 0.698. The number of halogens is 2. The second-order valence-electron chi connectivity index (χ2n) is 8.81. The average molecular weight is 471 g/mol. The van der Waals surface area contributed by atoms with E-state index in [4.69, 9.17) is 23.2 Å². The SMILES string of the molecule is CN(Cc1ccc(Cl)cc1Cl)CC(O)c1ccc2c(c1)S(=O)(=O)N(C(C)(C)C)CC2. The van der Waals surface area contributed by atoms with Crippen molar-refractivity contribution in [1.29, 1.82) is 0 Å². The minimum Gasteiger partial charge on any atom is -0.387 e. The van der Waals surface area contributed by atoms with Crippen LogP contribution in [0.1, 0.15) is 43.6 Å². The number of likely N-dealkylation sites (N-methyl/N-ethyl adjacent to an activating group) is 1. The molecule has 0 radical (unpaired) electrons. The number of fused-ring (bicyclic) bond motifs is 1. The molecular formula is C22H28Cl2N2O3S. The van der Waals surface area contributed by atoms with E-state index in [1.807, 2.05) is 50.9 Å². The van der Waals surface area contributed by atoms with Gasteiger partial charge >= 0.3 is 0 Å². The van der Waals surface area contributed by atoms with Gasteiger partial charge in [0.25, 0.3) is 0 Å². The Morgan fingerprint density at radius 3 is 2.50 bits per heavy atom. The lowest BCUT2D eigenvalue weighted by Gasteiger charge is -2.38. The highest BCUT2D eigenvalue weighted by molar-refractivity contribution is 7.89. The first-order valence-electron chi connectivity index (χ1n) is 9.86. The van der Waals surface area contributed by atoms with Crippen molar-refractivity contribution in [2.45, 2.75) is 50.3 Å². The van der Waals surface area contributed by atoms with Gasteiger partial charge in [-0.2, -0.15) is 4.31 Å². The van der Waals surface area contributed by atoms with Crippen molar-refractivity contribution >= 4 is 33.2 Å². The second-order valence-corrected chi connectivity index (χ2v) is 11.5. The molecule has 0 saturated carbocycles. The number of benzene rings is 2. The second kappa shape index (κ2) is 8.77. The fourth-order valence-corrected chi connectivity index (χ4v) is 6.33. The van der Waals surface area contributed by atoms with Gasteiger partial charge < -0.3 is 5.11 Å². The molecule has 8 heteroatoms. The number of rotatable bonds is 5. The maximum absolute atomic E-state index is 13.2. The van der Waals surface area contributed by atoms with Gasteiger partial charge in [0.05, 0.1) is 11.0 Å². The Labute approximate surface area is 189 Å². The smallest absolute Gasteiger partial charge is 0.243 e. The van der Waals surface area contributed by atoms with E-state index in [1.165, 1.54) is 4.31 Å². The lowest BCUT2D eigenvalue weighted by molar-refractivity contribution is 0.123. The fourth-order valence-electron chi connectivity index (χ4n) is 3.79. The van der Waals surface area contributed by atoms with E-state index in [2.05, 4.69) is 0 Å². The highest BCUT2D eigenvalue weighted by Crippen LogP contribution is 2.33. The Bertz CT molecular complexity index is 1040. The monoisotopic (exact) mass is 470 g/mol. The molecule has 1 heterocycles. The zero-order valence-corrected chi connectivity index (χ0v) is 20.0. The summed E-state index contributed by atoms with van der Waals surface area (Å²) in [4.78, 5) is 2.23. The van der Waals surface area contributed by atoms with Gasteiger partial charge in [0.1, 0.15) is 0 Å². The predicted molar refractivity (Wildman–Crippen MR) is 122 cm³/mol. The predicted octanol–water partition coefficient (Wildman–Crippen LogP) is 4.50. The molecule has 1 N–H and O–H groups in total. The molecule has 5 nitrogen and oxygen atoms in total. The number of sulfonamides is 1. The van der Waals surface area contributed by atoms with E-state index < -0.39 is 21.7 Å². The summed E-state index contributed by atoms with van der Waals surface area (Å²) in [5.74, 6) is 0. The molecule has 0 bridgehead atoms. The van der Waals surface area contributed by atoms with E-state index in [1.54, 1.807) is 18.2 Å². The third kappa shape index (κ3) is 5.01. The summed E-state index contributed by atoms with van der Waals surface area (Å²) in [7, 11) is -1.73. The van der Waals surface area contributed by atoms with E-state index in [0.29, 0.717) is 46.6 Å². The molecule has 0 saturated heterocycles. The standard InChI is InChI=1S/C22H28Cl2N2O3S/c1-22(2,3)26-10-9-15-5-6-16(11-21(15)30(26,28)29)20(27)14-25(4)13-17-7-8-18(23)12-19(17)24/h5-8,11-12,20,27H,9-10,13-14H2,1-4H3. The zero-order valence-electron chi connectivity index (χ0n) is 17.7. The Hall–Kier alpha value is -1.15. The maximum atomic E-state index is 13.2. The van der Waals surface area contributed by atoms with Crippen molar-refractivity contribution < 1.29 is 13.5 Å². The number of nitrogens with zero attached hydrogens (tertiary/aromatic N) is 2. The van der Waals surface area contributed by atoms with E-state index in [-0.39, 0.29) is 0 Å². The molecule has 30 heavy (non-hydrogen) atoms. The molecule has 0 aliphatic carbocycles. The minimum absolute atomic E-state index is 0.295. The average Bonchev–Trinajstić information content (AvgIpc) is 2.62. The third-order valence-corrected chi connectivity index (χ3v) is 8.15. The highest BCUT2D eigenvalue weighted by Gasteiger charge is 2.38. The Balaban J connectivity index is 1.79. The van der Waals surface area contributed by atoms with Gasteiger partial charge in [0.2, 0.25) is 10.0 Å². The molecule has 2 aromatic carbocycles. The first-order chi connectivity index (χ1) is 13.9. The lowest BCUT2D eigenvalue weighted by atomic mass is 10.0. The molecule has 1 aliphatic heterocycles. The Morgan fingerprint density at radius 2 is 1.87 bits per heavy atom. The van der Waals surface area contributed by atoms with Gasteiger partial charge in [0, 0.05) is 35.2 Å². The molecule has 3 rings (SSSR count). The van der Waals surface area contributed by atoms with Crippen LogP contribution in [0.4, 0.5) is 0 Å². The number of hydrogen-bond acceptors (Lipinski definition) is 4. The van der Waals surface area contributed by atoms with Crippen molar-refractivity contribution in [3.05, 3.63) is 63.1 Å². The van der Waals surface area contributed by atoms with Crippen molar-refractivity contribution in [2.24, 2.45) is 0 Å². The van der Waals surface area contributed by atoms with Gasteiger partial charge in [0.15, 0.2) is 0 Å². The Kier molecular flexibility index (Phi) is 6.87. The molecule has 2 aromatic rings. The number of aliphatic hydroxyl groups is 1. The van der Waals surface area contributed by atoms with Crippen LogP contribution in [0.25, 0.3) is 0 Å². The third-order valence-electron chi connectivity index (χ3n) is 5.32. The lowest BCUT2D eigenvalue weighted by Crippen LogP contribution is -2.48. The highest BCUT2D eigenvalue weighted by atomic mass is 35.5. The van der Waals surface area contributed by atoms with Crippen LogP contribution in [-0.2, 0) is 23.0 Å². The van der Waals surface area contributed by atoms with Crippen LogP contribution in [0, 0.1) is 0 Å². The first-order valence-corrected chi connectivity index (χ1v) is 12.1. The topological polar surface area (TPSA) is 60.9 Å². The molecule has 1 atom stereocenters. The molecule has 1 aliphatic rings. The van der Waals surface area contributed by atoms with Crippen molar-refractivity contribution in [3.8, 4) is 0 Å². The van der Waals surface area contributed by atoms with Gasteiger partial charge in [-0.25, -0.2) is 8.42 Å². The molecule has 0 amide bonds. The molecule has 0 aromatic heterocycles. The van der Waals surface area contributed by atoms with E-state index >= 15 is 0 Å². The summed E-state index contributed by atoms with van der Waals surface area (Å²) in [5, 5.41) is 11.9. The summed E-state index contributed by atoms with van der Waals surface area (Å²) in [6.45, 7) is 7.02. The van der Waals surface area contributed by atoms with Crippen LogP contribution in [-0.4, -0.2) is 48.4 Å². The summed E-state index contributed by atoms with van der Waals surface area (Å²) in [6, 6.07) is 10.6. The van der Waals surface area contributed by atoms with Crippen molar-refractivity contribution in [2.75, 3.05) is 20.1 Å². The number of hydrogen-bond donors (Lipinski definition) is 1. The summed E-state index contributed by atoms with van der Waals surface area (Å²) >= 11 is 12.2. The fraction of sp³-hybridized carbons (Fsp3) is 0.455. The van der Waals surface area contributed by atoms with Crippen LogP contribution in [0.15, 0.2) is 41.3 Å². The van der Waals surface area contributed by atoms with E-state index in [0.717, 1.165) is 11.1 Å². The van der Waals surface area contributed by atoms with Crippen LogP contribution in [0.3, 0.4) is 0 Å². The molecule has 164 valence electrons. The van der Waals surface area contributed by atoms with Gasteiger partial charge in [-0.3, -0.25) is 4.90 Å². The molecule has 1 unspecified atom stereocenters. The summed E-state index contributed by atoms with van der Waals surface area (Å²) in [6.07, 6.45) is -0.163. The molecule has 0 spiro atoms. The van der Waals surface area contributed by atoms with Gasteiger partial charge in [-0.15, -0.1) is 0 Å². The largest absolute Gasteiger partial charge is 0.387 e. The van der Waals surface area contributed by atoms with Crippen LogP contribution in [0.2, 0.25) is 10.0 Å². The first kappa shape index (κ1) is 23.5. The molecular weight excluding hydrogens is 443 g/mol. The zero-order chi connectivity index (χ0) is 22.3. The van der Waals surface area contributed by atoms with Gasteiger partial charge in [-0.05, 0) is 69.1 Å². The summed E-state index contributed by atoms with van der Waals surface area (Å²) < 4.78 is 27.9. The molecule has 0 fully saturated rings. The summed E-state index contributed by atoms with van der Waals surface area (Å²) in [5.41, 5.74) is 1.79. The number of aliphatic hydroxyl groups excluding tert-OH is 1. The minimum atomic E-state index is -3.60. The van der Waals surface area contributed by atoms with Crippen molar-refractivity contribution in [3.63, 3.8) is 0 Å². The van der Waals surface area contributed by atoms with Crippen LogP contribution < -0.4 is 0 Å². The van der Waals surface area contributed by atoms with Crippen molar-refractivity contribution in [1.82, 2.24) is 9.21 Å². The normalized spacial score (nSPS) is 17.7. The van der Waals surface area contributed by atoms with Crippen LogP contribution in [0.5, 0.6) is 0 Å². The Morgan fingerprint density at radius 1 is 1.17 bits per heavy atom. The van der Waals surface area contributed by atoms with Gasteiger partial charge in [-0.1, -0.05) is 41.4 Å².